The predicted octanol–water partition coefficient (Wildman–Crippen LogP) is 6.81. The standard InChI is InChI=1S/C28H28ClNO3/c1-32-27-16-10-21(19-23(27)20-33-28-8-4-3-7-25(28)29)9-15-26(31)22-11-13-24(14-12-22)30-17-5-2-6-18-30/h3-4,7-16,19H,2,5-6,17-18,20H2,1H3/b15-9+. The summed E-state index contributed by atoms with van der Waals surface area (Å²) >= 11 is 6.18. The Labute approximate surface area is 200 Å². The summed E-state index contributed by atoms with van der Waals surface area (Å²) in [5.74, 6) is 1.31. The van der Waals surface area contributed by atoms with Gasteiger partial charge >= 0.3 is 0 Å². The van der Waals surface area contributed by atoms with Crippen molar-refractivity contribution < 1.29 is 14.3 Å². The lowest BCUT2D eigenvalue weighted by Gasteiger charge is -2.28. The summed E-state index contributed by atoms with van der Waals surface area (Å²) in [5.41, 5.74) is 3.64. The van der Waals surface area contributed by atoms with Crippen LogP contribution in [0.2, 0.25) is 5.02 Å². The first-order chi connectivity index (χ1) is 16.1. The van der Waals surface area contributed by atoms with E-state index in [1.165, 1.54) is 24.9 Å². The molecular weight excluding hydrogens is 434 g/mol. The molecule has 0 spiro atoms. The number of carbonyl (C=O) groups excluding carboxylic acids is 1. The molecule has 3 aromatic carbocycles. The molecule has 5 heteroatoms. The first-order valence-corrected chi connectivity index (χ1v) is 11.6. The average Bonchev–Trinajstić information content (AvgIpc) is 2.87. The van der Waals surface area contributed by atoms with Crippen LogP contribution in [0.15, 0.2) is 72.8 Å². The molecule has 0 saturated carbocycles. The molecule has 0 atom stereocenters. The van der Waals surface area contributed by atoms with Crippen molar-refractivity contribution in [3.8, 4) is 11.5 Å². The maximum Gasteiger partial charge on any atom is 0.185 e. The van der Waals surface area contributed by atoms with Crippen LogP contribution in [0.3, 0.4) is 0 Å². The molecular formula is C28H28ClNO3. The summed E-state index contributed by atoms with van der Waals surface area (Å²) in [7, 11) is 1.63. The molecule has 0 amide bonds. The Morgan fingerprint density at radius 1 is 0.970 bits per heavy atom. The number of anilines is 1. The number of methoxy groups -OCH3 is 1. The van der Waals surface area contributed by atoms with Gasteiger partial charge in [0.15, 0.2) is 5.78 Å². The van der Waals surface area contributed by atoms with Gasteiger partial charge in [0.05, 0.1) is 12.1 Å². The highest BCUT2D eigenvalue weighted by Gasteiger charge is 2.12. The highest BCUT2D eigenvalue weighted by atomic mass is 35.5. The molecule has 1 saturated heterocycles. The minimum absolute atomic E-state index is 0.0233. The first-order valence-electron chi connectivity index (χ1n) is 11.3. The Morgan fingerprint density at radius 2 is 1.73 bits per heavy atom. The number of hydrogen-bond acceptors (Lipinski definition) is 4. The number of ketones is 1. The highest BCUT2D eigenvalue weighted by Crippen LogP contribution is 2.27. The fourth-order valence-electron chi connectivity index (χ4n) is 3.99. The van der Waals surface area contributed by atoms with E-state index in [1.54, 1.807) is 19.3 Å². The number of nitrogens with zero attached hydrogens (tertiary/aromatic N) is 1. The predicted molar refractivity (Wildman–Crippen MR) is 135 cm³/mol. The van der Waals surface area contributed by atoms with Crippen LogP contribution < -0.4 is 14.4 Å². The molecule has 0 radical (unpaired) electrons. The van der Waals surface area contributed by atoms with Crippen LogP contribution in [0, 0.1) is 0 Å². The number of halogens is 1. The quantitative estimate of drug-likeness (QED) is 0.272. The van der Waals surface area contributed by atoms with E-state index in [0.717, 1.165) is 30.0 Å². The lowest BCUT2D eigenvalue weighted by atomic mass is 10.1. The van der Waals surface area contributed by atoms with Crippen molar-refractivity contribution in [1.29, 1.82) is 0 Å². The fraction of sp³-hybridized carbons (Fsp3) is 0.250. The first kappa shape index (κ1) is 22.9. The average molecular weight is 462 g/mol. The molecule has 0 aliphatic carbocycles. The second-order valence-corrected chi connectivity index (χ2v) is 8.49. The molecule has 0 aromatic heterocycles. The molecule has 3 aromatic rings. The van der Waals surface area contributed by atoms with Gasteiger partial charge in [0.1, 0.15) is 18.1 Å². The molecule has 1 heterocycles. The van der Waals surface area contributed by atoms with Crippen LogP contribution >= 0.6 is 11.6 Å². The van der Waals surface area contributed by atoms with E-state index < -0.39 is 0 Å². The van der Waals surface area contributed by atoms with Crippen LogP contribution in [0.1, 0.15) is 40.7 Å². The SMILES string of the molecule is COc1ccc(/C=C/C(=O)c2ccc(N3CCCCC3)cc2)cc1COc1ccccc1Cl. The van der Waals surface area contributed by atoms with E-state index in [4.69, 9.17) is 21.1 Å². The fourth-order valence-corrected chi connectivity index (χ4v) is 4.18. The summed E-state index contributed by atoms with van der Waals surface area (Å²) in [6.07, 6.45) is 7.19. The number of carbonyl (C=O) groups is 1. The number of rotatable bonds is 8. The Bertz CT molecular complexity index is 1120. The van der Waals surface area contributed by atoms with Crippen LogP contribution in [0.5, 0.6) is 11.5 Å². The third-order valence-corrected chi connectivity index (χ3v) is 6.14. The second kappa shape index (κ2) is 11.1. The molecule has 0 bridgehead atoms. The molecule has 170 valence electrons. The van der Waals surface area contributed by atoms with Crippen LogP contribution in [0.25, 0.3) is 6.08 Å². The van der Waals surface area contributed by atoms with E-state index in [1.807, 2.05) is 66.7 Å². The minimum Gasteiger partial charge on any atom is -0.496 e. The lowest BCUT2D eigenvalue weighted by molar-refractivity contribution is 0.104. The number of hydrogen-bond donors (Lipinski definition) is 0. The molecule has 33 heavy (non-hydrogen) atoms. The number of piperidine rings is 1. The Kier molecular flexibility index (Phi) is 7.69. The van der Waals surface area contributed by atoms with Crippen molar-refractivity contribution in [3.05, 3.63) is 94.5 Å². The van der Waals surface area contributed by atoms with Crippen LogP contribution in [-0.4, -0.2) is 26.0 Å². The van der Waals surface area contributed by atoms with Crippen molar-refractivity contribution in [3.63, 3.8) is 0 Å². The van der Waals surface area contributed by atoms with E-state index in [-0.39, 0.29) is 5.78 Å². The summed E-state index contributed by atoms with van der Waals surface area (Å²) in [5, 5.41) is 0.560. The van der Waals surface area contributed by atoms with Gasteiger partial charge in [-0.05, 0) is 79.4 Å². The molecule has 1 fully saturated rings. The topological polar surface area (TPSA) is 38.8 Å². The van der Waals surface area contributed by atoms with E-state index in [2.05, 4.69) is 4.90 Å². The number of allylic oxidation sites excluding steroid dienone is 1. The molecule has 0 unspecified atom stereocenters. The van der Waals surface area contributed by atoms with Crippen molar-refractivity contribution in [2.75, 3.05) is 25.1 Å². The Hall–Kier alpha value is -3.24. The lowest BCUT2D eigenvalue weighted by Crippen LogP contribution is -2.29. The summed E-state index contributed by atoms with van der Waals surface area (Å²) in [6.45, 7) is 2.49. The van der Waals surface area contributed by atoms with Gasteiger partial charge in [0.2, 0.25) is 0 Å². The zero-order valence-corrected chi connectivity index (χ0v) is 19.6. The molecule has 1 aliphatic heterocycles. The Balaban J connectivity index is 1.43. The van der Waals surface area contributed by atoms with Crippen molar-refractivity contribution in [2.45, 2.75) is 25.9 Å². The van der Waals surface area contributed by atoms with Gasteiger partial charge in [0, 0.05) is 29.9 Å². The third-order valence-electron chi connectivity index (χ3n) is 5.82. The molecule has 4 nitrogen and oxygen atoms in total. The maximum atomic E-state index is 12.7. The van der Waals surface area contributed by atoms with Gasteiger partial charge in [-0.3, -0.25) is 4.79 Å². The number of ether oxygens (including phenoxy) is 2. The smallest absolute Gasteiger partial charge is 0.185 e. The summed E-state index contributed by atoms with van der Waals surface area (Å²) in [4.78, 5) is 15.1. The van der Waals surface area contributed by atoms with Gasteiger partial charge in [-0.2, -0.15) is 0 Å². The summed E-state index contributed by atoms with van der Waals surface area (Å²) in [6, 6.07) is 21.0. The highest BCUT2D eigenvalue weighted by molar-refractivity contribution is 6.32. The van der Waals surface area contributed by atoms with Crippen molar-refractivity contribution in [2.24, 2.45) is 0 Å². The van der Waals surface area contributed by atoms with Gasteiger partial charge in [-0.25, -0.2) is 0 Å². The van der Waals surface area contributed by atoms with E-state index in [9.17, 15) is 4.79 Å². The van der Waals surface area contributed by atoms with E-state index in [0.29, 0.717) is 22.9 Å². The molecule has 4 rings (SSSR count). The Morgan fingerprint density at radius 3 is 2.45 bits per heavy atom. The maximum absolute atomic E-state index is 12.7. The second-order valence-electron chi connectivity index (χ2n) is 8.08. The van der Waals surface area contributed by atoms with Crippen molar-refractivity contribution in [1.82, 2.24) is 0 Å². The number of para-hydroxylation sites is 1. The number of benzene rings is 3. The van der Waals surface area contributed by atoms with E-state index >= 15 is 0 Å². The van der Waals surface area contributed by atoms with Gasteiger partial charge in [-0.1, -0.05) is 35.9 Å². The van der Waals surface area contributed by atoms with Gasteiger partial charge in [-0.15, -0.1) is 0 Å². The van der Waals surface area contributed by atoms with Crippen LogP contribution in [-0.2, 0) is 6.61 Å². The molecule has 0 N–H and O–H groups in total. The van der Waals surface area contributed by atoms with Crippen LogP contribution in [0.4, 0.5) is 5.69 Å². The van der Waals surface area contributed by atoms with Gasteiger partial charge in [0.25, 0.3) is 0 Å². The normalized spacial score (nSPS) is 13.8. The third kappa shape index (κ3) is 5.96. The minimum atomic E-state index is -0.0233. The van der Waals surface area contributed by atoms with Gasteiger partial charge < -0.3 is 14.4 Å². The summed E-state index contributed by atoms with van der Waals surface area (Å²) < 4.78 is 11.3. The zero-order valence-electron chi connectivity index (χ0n) is 18.8. The monoisotopic (exact) mass is 461 g/mol. The van der Waals surface area contributed by atoms with Crippen molar-refractivity contribution >= 4 is 29.1 Å². The molecule has 1 aliphatic rings. The zero-order chi connectivity index (χ0) is 23.0. The largest absolute Gasteiger partial charge is 0.496 e.